The van der Waals surface area contributed by atoms with Crippen LogP contribution in [-0.4, -0.2) is 29.0 Å². The zero-order valence-corrected chi connectivity index (χ0v) is 11.3. The van der Waals surface area contributed by atoms with E-state index in [2.05, 4.69) is 9.97 Å². The number of piperidine rings is 1. The smallest absolute Gasteiger partial charge is 0.258 e. The van der Waals surface area contributed by atoms with Gasteiger partial charge >= 0.3 is 0 Å². The lowest BCUT2D eigenvalue weighted by Gasteiger charge is -2.20. The van der Waals surface area contributed by atoms with E-state index in [1.54, 1.807) is 11.6 Å². The number of fused-ring (bicyclic) bond motifs is 1. The van der Waals surface area contributed by atoms with Gasteiger partial charge in [-0.05, 0) is 12.1 Å². The van der Waals surface area contributed by atoms with Gasteiger partial charge in [-0.1, -0.05) is 0 Å². The normalized spacial score (nSPS) is 26.6. The molecule has 104 valence electrons. The Kier molecular flexibility index (Phi) is 2.33. The van der Waals surface area contributed by atoms with E-state index < -0.39 is 17.8 Å². The first kappa shape index (κ1) is 12.0. The van der Waals surface area contributed by atoms with E-state index in [1.165, 1.54) is 11.3 Å². The standard InChI is InChI=1S/C13H12F2N4S/c14-13(15)8-4-19(5-9(8)13)11-2-1-7(3-17-11)12-18-10(16)6-20-12/h1-3,6,8-9H,4-5,16H2. The van der Waals surface area contributed by atoms with Crippen LogP contribution in [0.4, 0.5) is 20.4 Å². The van der Waals surface area contributed by atoms with Gasteiger partial charge in [0.1, 0.15) is 16.6 Å². The predicted octanol–water partition coefficient (Wildman–Crippen LogP) is 2.49. The minimum atomic E-state index is -2.45. The average molecular weight is 294 g/mol. The Hall–Kier alpha value is -1.76. The van der Waals surface area contributed by atoms with Crippen molar-refractivity contribution in [3.8, 4) is 10.6 Å². The molecule has 0 bridgehead atoms. The number of halogens is 2. The summed E-state index contributed by atoms with van der Waals surface area (Å²) in [5.41, 5.74) is 6.48. The number of hydrogen-bond acceptors (Lipinski definition) is 5. The minimum absolute atomic E-state index is 0.397. The summed E-state index contributed by atoms with van der Waals surface area (Å²) in [6.45, 7) is 0.794. The molecule has 4 nitrogen and oxygen atoms in total. The maximum Gasteiger partial charge on any atom is 0.258 e. The number of rotatable bonds is 2. The molecule has 0 aromatic carbocycles. The van der Waals surface area contributed by atoms with E-state index in [0.717, 1.165) is 16.4 Å². The van der Waals surface area contributed by atoms with Gasteiger partial charge in [-0.2, -0.15) is 0 Å². The Labute approximate surface area is 118 Å². The molecule has 1 saturated carbocycles. The molecule has 2 fully saturated rings. The number of pyridine rings is 1. The molecule has 0 spiro atoms. The molecule has 2 aliphatic rings. The number of alkyl halides is 2. The average Bonchev–Trinajstić information content (AvgIpc) is 2.90. The van der Waals surface area contributed by atoms with Crippen molar-refractivity contribution in [1.29, 1.82) is 0 Å². The monoisotopic (exact) mass is 294 g/mol. The van der Waals surface area contributed by atoms with Crippen LogP contribution in [0.15, 0.2) is 23.7 Å². The SMILES string of the molecule is Nc1csc(-c2ccc(N3CC4C(C3)C4(F)F)nc2)n1. The van der Waals surface area contributed by atoms with E-state index in [1.807, 2.05) is 17.0 Å². The van der Waals surface area contributed by atoms with Gasteiger partial charge in [0, 0.05) is 30.2 Å². The van der Waals surface area contributed by atoms with E-state index in [0.29, 0.717) is 18.9 Å². The van der Waals surface area contributed by atoms with E-state index in [4.69, 9.17) is 5.73 Å². The van der Waals surface area contributed by atoms with Crippen LogP contribution in [0, 0.1) is 11.8 Å². The molecule has 1 aliphatic carbocycles. The molecule has 3 heterocycles. The first-order valence-electron chi connectivity index (χ1n) is 6.36. The molecule has 2 aromatic heterocycles. The highest BCUT2D eigenvalue weighted by atomic mass is 32.1. The van der Waals surface area contributed by atoms with Crippen LogP contribution in [0.25, 0.3) is 10.6 Å². The first-order chi connectivity index (χ1) is 9.55. The summed E-state index contributed by atoms with van der Waals surface area (Å²) in [5, 5.41) is 2.59. The Bertz CT molecular complexity index is 641. The molecule has 2 unspecified atom stereocenters. The molecular formula is C13H12F2N4S. The quantitative estimate of drug-likeness (QED) is 0.924. The van der Waals surface area contributed by atoms with Gasteiger partial charge in [0.15, 0.2) is 0 Å². The first-order valence-corrected chi connectivity index (χ1v) is 7.24. The molecule has 1 aliphatic heterocycles. The topological polar surface area (TPSA) is 55.0 Å². The Balaban J connectivity index is 1.52. The van der Waals surface area contributed by atoms with Crippen molar-refractivity contribution in [1.82, 2.24) is 9.97 Å². The predicted molar refractivity (Wildman–Crippen MR) is 73.9 cm³/mol. The highest BCUT2D eigenvalue weighted by molar-refractivity contribution is 7.13. The van der Waals surface area contributed by atoms with Crippen molar-refractivity contribution in [2.75, 3.05) is 23.7 Å². The molecule has 7 heteroatoms. The summed E-state index contributed by atoms with van der Waals surface area (Å²) in [7, 11) is 0. The lowest BCUT2D eigenvalue weighted by molar-refractivity contribution is 0.0797. The lowest BCUT2D eigenvalue weighted by atomic mass is 10.3. The molecule has 0 radical (unpaired) electrons. The van der Waals surface area contributed by atoms with Crippen LogP contribution >= 0.6 is 11.3 Å². The number of aromatic nitrogens is 2. The number of thiazole rings is 1. The van der Waals surface area contributed by atoms with E-state index >= 15 is 0 Å². The molecule has 4 rings (SSSR count). The van der Waals surface area contributed by atoms with Crippen molar-refractivity contribution in [2.45, 2.75) is 5.92 Å². The van der Waals surface area contributed by atoms with Crippen LogP contribution in [0.3, 0.4) is 0 Å². The molecule has 20 heavy (non-hydrogen) atoms. The third kappa shape index (κ3) is 1.69. The van der Waals surface area contributed by atoms with E-state index in [-0.39, 0.29) is 0 Å². The third-order valence-electron chi connectivity index (χ3n) is 4.04. The fourth-order valence-electron chi connectivity index (χ4n) is 2.81. The van der Waals surface area contributed by atoms with Crippen LogP contribution in [0.2, 0.25) is 0 Å². The summed E-state index contributed by atoms with van der Waals surface area (Å²) in [6, 6.07) is 3.76. The molecule has 2 atom stereocenters. The highest BCUT2D eigenvalue weighted by Gasteiger charge is 2.71. The van der Waals surface area contributed by atoms with Crippen molar-refractivity contribution in [3.63, 3.8) is 0 Å². The number of nitrogens with zero attached hydrogens (tertiary/aromatic N) is 3. The third-order valence-corrected chi connectivity index (χ3v) is 4.95. The maximum atomic E-state index is 13.2. The second-order valence-corrected chi connectivity index (χ2v) is 6.13. The van der Waals surface area contributed by atoms with Gasteiger partial charge in [-0.25, -0.2) is 18.7 Å². The lowest BCUT2D eigenvalue weighted by Crippen LogP contribution is -2.27. The Morgan fingerprint density at radius 1 is 1.30 bits per heavy atom. The molecule has 2 N–H and O–H groups in total. The number of nitrogens with two attached hydrogens (primary N) is 1. The van der Waals surface area contributed by atoms with Crippen molar-refractivity contribution < 1.29 is 8.78 Å². The largest absolute Gasteiger partial charge is 0.383 e. The van der Waals surface area contributed by atoms with Crippen LogP contribution in [0.5, 0.6) is 0 Å². The number of hydrogen-bond donors (Lipinski definition) is 1. The van der Waals surface area contributed by atoms with Gasteiger partial charge in [0.2, 0.25) is 0 Å². The highest BCUT2D eigenvalue weighted by Crippen LogP contribution is 2.59. The van der Waals surface area contributed by atoms with Crippen LogP contribution < -0.4 is 10.6 Å². The molecule has 1 saturated heterocycles. The van der Waals surface area contributed by atoms with Gasteiger partial charge < -0.3 is 10.6 Å². The van der Waals surface area contributed by atoms with Gasteiger partial charge in [-0.15, -0.1) is 11.3 Å². The van der Waals surface area contributed by atoms with Gasteiger partial charge in [-0.3, -0.25) is 0 Å². The Morgan fingerprint density at radius 3 is 2.60 bits per heavy atom. The zero-order valence-electron chi connectivity index (χ0n) is 10.5. The fourth-order valence-corrected chi connectivity index (χ4v) is 3.51. The fraction of sp³-hybridized carbons (Fsp3) is 0.385. The second-order valence-electron chi connectivity index (χ2n) is 5.28. The molecule has 0 amide bonds. The molecular weight excluding hydrogens is 282 g/mol. The zero-order chi connectivity index (χ0) is 13.9. The van der Waals surface area contributed by atoms with E-state index in [9.17, 15) is 8.78 Å². The maximum absolute atomic E-state index is 13.2. The summed E-state index contributed by atoms with van der Waals surface area (Å²) in [4.78, 5) is 10.5. The van der Waals surface area contributed by atoms with Crippen molar-refractivity contribution >= 4 is 23.0 Å². The summed E-state index contributed by atoms with van der Waals surface area (Å²) < 4.78 is 26.3. The minimum Gasteiger partial charge on any atom is -0.383 e. The molecule has 2 aromatic rings. The summed E-state index contributed by atoms with van der Waals surface area (Å²) >= 11 is 1.46. The number of nitrogen functional groups attached to an aromatic ring is 1. The summed E-state index contributed by atoms with van der Waals surface area (Å²) in [6.07, 6.45) is 1.72. The van der Waals surface area contributed by atoms with Crippen LogP contribution in [-0.2, 0) is 0 Å². The number of anilines is 2. The van der Waals surface area contributed by atoms with Gasteiger partial charge in [0.05, 0.1) is 11.8 Å². The second kappa shape index (κ2) is 3.88. The van der Waals surface area contributed by atoms with Crippen molar-refractivity contribution in [2.24, 2.45) is 11.8 Å². The Morgan fingerprint density at radius 2 is 2.05 bits per heavy atom. The van der Waals surface area contributed by atoms with Crippen molar-refractivity contribution in [3.05, 3.63) is 23.7 Å². The van der Waals surface area contributed by atoms with Gasteiger partial charge in [0.25, 0.3) is 5.92 Å². The van der Waals surface area contributed by atoms with Crippen LogP contribution in [0.1, 0.15) is 0 Å². The summed E-state index contributed by atoms with van der Waals surface area (Å²) in [5.74, 6) is -2.17.